The first-order chi connectivity index (χ1) is 18.0. The molecule has 2 fully saturated rings. The summed E-state index contributed by atoms with van der Waals surface area (Å²) in [5, 5.41) is 5.03. The van der Waals surface area contributed by atoms with Crippen molar-refractivity contribution in [3.8, 4) is 0 Å². The number of rotatable bonds is 9. The van der Waals surface area contributed by atoms with Gasteiger partial charge in [0.2, 0.25) is 5.91 Å². The summed E-state index contributed by atoms with van der Waals surface area (Å²) < 4.78 is 0. The van der Waals surface area contributed by atoms with Crippen LogP contribution in [-0.2, 0) is 4.79 Å². The number of carbonyl (C=O) groups excluding carboxylic acids is 1. The minimum Gasteiger partial charge on any atom is -0.356 e. The summed E-state index contributed by atoms with van der Waals surface area (Å²) >= 11 is 6.13. The highest BCUT2D eigenvalue weighted by Gasteiger charge is 2.34. The first-order valence-corrected chi connectivity index (χ1v) is 14.0. The Morgan fingerprint density at radius 2 is 1.84 bits per heavy atom. The monoisotopic (exact) mass is 523 g/mol. The molecule has 1 aromatic carbocycles. The van der Waals surface area contributed by atoms with Gasteiger partial charge >= 0.3 is 0 Å². The van der Waals surface area contributed by atoms with E-state index in [2.05, 4.69) is 30.1 Å². The van der Waals surface area contributed by atoms with E-state index in [4.69, 9.17) is 17.3 Å². The second-order valence-corrected chi connectivity index (χ2v) is 11.1. The SMILES string of the molecule is NC1(CC(=O)N[C@H](CCCN2CCCCC2)c2ccc(Cl)cc2)CCN(c2ncnc3[nH]ccc23)CC1. The van der Waals surface area contributed by atoms with Crippen LogP contribution in [0.1, 0.15) is 63.0 Å². The first-order valence-electron chi connectivity index (χ1n) is 13.6. The molecular formula is C28H38ClN7O. The highest BCUT2D eigenvalue weighted by atomic mass is 35.5. The molecule has 5 rings (SSSR count). The second kappa shape index (κ2) is 11.8. The molecule has 37 heavy (non-hydrogen) atoms. The van der Waals surface area contributed by atoms with Crippen molar-refractivity contribution < 1.29 is 4.79 Å². The number of hydrogen-bond acceptors (Lipinski definition) is 6. The number of benzene rings is 1. The Labute approximate surface area is 224 Å². The molecule has 0 saturated carbocycles. The smallest absolute Gasteiger partial charge is 0.222 e. The fraction of sp³-hybridized carbons (Fsp3) is 0.536. The van der Waals surface area contributed by atoms with Gasteiger partial charge in [0.05, 0.1) is 11.4 Å². The molecule has 4 heterocycles. The van der Waals surface area contributed by atoms with E-state index in [1.54, 1.807) is 6.33 Å². The van der Waals surface area contributed by atoms with Crippen molar-refractivity contribution >= 4 is 34.4 Å². The van der Waals surface area contributed by atoms with Crippen LogP contribution in [0.2, 0.25) is 5.02 Å². The highest BCUT2D eigenvalue weighted by Crippen LogP contribution is 2.30. The zero-order chi connectivity index (χ0) is 25.7. The van der Waals surface area contributed by atoms with Gasteiger partial charge in [0, 0.05) is 36.3 Å². The summed E-state index contributed by atoms with van der Waals surface area (Å²) in [6, 6.07) is 9.80. The Bertz CT molecular complexity index is 1170. The maximum Gasteiger partial charge on any atom is 0.222 e. The Morgan fingerprint density at radius 3 is 2.59 bits per heavy atom. The number of H-pyrrole nitrogens is 1. The Balaban J connectivity index is 1.17. The number of fused-ring (bicyclic) bond motifs is 1. The number of piperidine rings is 2. The molecule has 198 valence electrons. The predicted molar refractivity (Wildman–Crippen MR) is 149 cm³/mol. The lowest BCUT2D eigenvalue weighted by Gasteiger charge is -2.39. The lowest BCUT2D eigenvalue weighted by atomic mass is 9.85. The van der Waals surface area contributed by atoms with Crippen LogP contribution >= 0.6 is 11.6 Å². The molecule has 0 unspecified atom stereocenters. The van der Waals surface area contributed by atoms with Gasteiger partial charge in [0.1, 0.15) is 17.8 Å². The molecule has 9 heteroatoms. The highest BCUT2D eigenvalue weighted by molar-refractivity contribution is 6.30. The van der Waals surface area contributed by atoms with Crippen LogP contribution in [0, 0.1) is 0 Å². The molecule has 0 radical (unpaired) electrons. The van der Waals surface area contributed by atoms with Gasteiger partial charge in [-0.15, -0.1) is 0 Å². The maximum absolute atomic E-state index is 13.3. The fourth-order valence-electron chi connectivity index (χ4n) is 5.74. The van der Waals surface area contributed by atoms with E-state index < -0.39 is 5.54 Å². The van der Waals surface area contributed by atoms with Gasteiger partial charge in [-0.3, -0.25) is 4.79 Å². The van der Waals surface area contributed by atoms with Crippen molar-refractivity contribution in [2.24, 2.45) is 5.73 Å². The molecule has 3 aromatic rings. The summed E-state index contributed by atoms with van der Waals surface area (Å²) in [6.45, 7) is 4.98. The summed E-state index contributed by atoms with van der Waals surface area (Å²) in [6.07, 6.45) is 11.1. The van der Waals surface area contributed by atoms with Crippen molar-refractivity contribution in [3.63, 3.8) is 0 Å². The zero-order valence-electron chi connectivity index (χ0n) is 21.5. The van der Waals surface area contributed by atoms with E-state index in [1.807, 2.05) is 36.5 Å². The molecule has 1 amide bonds. The second-order valence-electron chi connectivity index (χ2n) is 10.7. The first kappa shape index (κ1) is 25.9. The van der Waals surface area contributed by atoms with Crippen molar-refractivity contribution in [2.45, 2.75) is 62.9 Å². The average Bonchev–Trinajstić information content (AvgIpc) is 3.39. The molecule has 0 bridgehead atoms. The number of nitrogens with two attached hydrogens (primary N) is 1. The van der Waals surface area contributed by atoms with Crippen LogP contribution < -0.4 is 16.0 Å². The fourth-order valence-corrected chi connectivity index (χ4v) is 5.86. The Hall–Kier alpha value is -2.68. The van der Waals surface area contributed by atoms with E-state index in [9.17, 15) is 4.79 Å². The van der Waals surface area contributed by atoms with E-state index in [0.29, 0.717) is 11.4 Å². The van der Waals surface area contributed by atoms with Crippen LogP contribution in [0.4, 0.5) is 5.82 Å². The van der Waals surface area contributed by atoms with E-state index in [1.165, 1.54) is 32.4 Å². The standard InChI is InChI=1S/C28H38ClN7O/c29-22-8-6-21(7-9-22)24(5-4-16-35-14-2-1-3-15-35)34-25(37)19-28(30)11-17-36(18-12-28)27-23-10-13-31-26(23)32-20-33-27/h6-10,13,20,24H,1-5,11-12,14-19,30H2,(H,34,37)(H,31,32,33)/t24-/m1/s1. The number of anilines is 1. The lowest BCUT2D eigenvalue weighted by molar-refractivity contribution is -0.123. The number of halogens is 1. The minimum atomic E-state index is -0.525. The van der Waals surface area contributed by atoms with Crippen molar-refractivity contribution in [1.29, 1.82) is 0 Å². The number of hydrogen-bond donors (Lipinski definition) is 3. The van der Waals surface area contributed by atoms with Gasteiger partial charge in [0.25, 0.3) is 0 Å². The number of nitrogens with zero attached hydrogens (tertiary/aromatic N) is 4. The van der Waals surface area contributed by atoms with Crippen molar-refractivity contribution in [3.05, 3.63) is 53.4 Å². The lowest BCUT2D eigenvalue weighted by Crippen LogP contribution is -2.53. The molecule has 1 atom stereocenters. The number of likely N-dealkylation sites (tertiary alicyclic amines) is 1. The summed E-state index contributed by atoms with van der Waals surface area (Å²) in [7, 11) is 0. The van der Waals surface area contributed by atoms with Gasteiger partial charge in [-0.1, -0.05) is 30.2 Å². The van der Waals surface area contributed by atoms with Crippen molar-refractivity contribution in [2.75, 3.05) is 37.6 Å². The number of nitrogens with one attached hydrogen (secondary N) is 2. The summed E-state index contributed by atoms with van der Waals surface area (Å²) in [4.78, 5) is 30.0. The normalized spacial score (nSPS) is 19.1. The molecule has 8 nitrogen and oxygen atoms in total. The van der Waals surface area contributed by atoms with Crippen molar-refractivity contribution in [1.82, 2.24) is 25.2 Å². The molecule has 0 spiro atoms. The van der Waals surface area contributed by atoms with Crippen LogP contribution in [-0.4, -0.2) is 64.0 Å². The topological polar surface area (TPSA) is 103 Å². The molecule has 2 aliphatic rings. The summed E-state index contributed by atoms with van der Waals surface area (Å²) in [5.74, 6) is 0.943. The largest absolute Gasteiger partial charge is 0.356 e. The number of aromatic amines is 1. The Morgan fingerprint density at radius 1 is 1.08 bits per heavy atom. The van der Waals surface area contributed by atoms with Crippen LogP contribution in [0.3, 0.4) is 0 Å². The number of aromatic nitrogens is 3. The van der Waals surface area contributed by atoms with Gasteiger partial charge in [-0.25, -0.2) is 9.97 Å². The molecule has 2 aliphatic heterocycles. The van der Waals surface area contributed by atoms with E-state index in [0.717, 1.165) is 67.7 Å². The molecular weight excluding hydrogens is 486 g/mol. The van der Waals surface area contributed by atoms with Crippen LogP contribution in [0.15, 0.2) is 42.9 Å². The van der Waals surface area contributed by atoms with E-state index >= 15 is 0 Å². The molecule has 2 saturated heterocycles. The summed E-state index contributed by atoms with van der Waals surface area (Å²) in [5.41, 5.74) is 8.18. The maximum atomic E-state index is 13.3. The molecule has 2 aromatic heterocycles. The van der Waals surface area contributed by atoms with Crippen LogP contribution in [0.25, 0.3) is 11.0 Å². The van der Waals surface area contributed by atoms with E-state index in [-0.39, 0.29) is 11.9 Å². The van der Waals surface area contributed by atoms with Gasteiger partial charge in [-0.2, -0.15) is 0 Å². The third-order valence-electron chi connectivity index (χ3n) is 7.93. The van der Waals surface area contributed by atoms with Gasteiger partial charge < -0.3 is 25.8 Å². The number of amides is 1. The third-order valence-corrected chi connectivity index (χ3v) is 8.18. The Kier molecular flexibility index (Phi) is 8.27. The molecule has 0 aliphatic carbocycles. The third kappa shape index (κ3) is 6.61. The van der Waals surface area contributed by atoms with Gasteiger partial charge in [-0.05, 0) is 81.9 Å². The van der Waals surface area contributed by atoms with Gasteiger partial charge in [0.15, 0.2) is 0 Å². The quantitative estimate of drug-likeness (QED) is 0.383. The zero-order valence-corrected chi connectivity index (χ0v) is 22.2. The van der Waals surface area contributed by atoms with Crippen LogP contribution in [0.5, 0.6) is 0 Å². The molecule has 4 N–H and O–H groups in total. The number of carbonyl (C=O) groups is 1. The average molecular weight is 524 g/mol. The predicted octanol–water partition coefficient (Wildman–Crippen LogP) is 4.42. The minimum absolute atomic E-state index is 0.0175.